The minimum Gasteiger partial charge on any atom is -0.316 e. The van der Waals surface area contributed by atoms with Crippen LogP contribution < -0.4 is 5.32 Å². The van der Waals surface area contributed by atoms with Crippen LogP contribution in [0.4, 0.5) is 13.2 Å². The lowest BCUT2D eigenvalue weighted by molar-refractivity contribution is -0.145. The van der Waals surface area contributed by atoms with E-state index >= 15 is 0 Å². The molecule has 1 N–H and O–H groups in total. The second-order valence-corrected chi connectivity index (χ2v) is 4.73. The third-order valence-electron chi connectivity index (χ3n) is 2.76. The second-order valence-electron chi connectivity index (χ2n) is 4.73. The van der Waals surface area contributed by atoms with Gasteiger partial charge in [0, 0.05) is 13.1 Å². The van der Waals surface area contributed by atoms with Crippen molar-refractivity contribution in [1.82, 2.24) is 10.2 Å². The molecule has 1 atom stereocenters. The van der Waals surface area contributed by atoms with E-state index in [0.29, 0.717) is 6.54 Å². The smallest absolute Gasteiger partial charge is 0.316 e. The van der Waals surface area contributed by atoms with E-state index in [1.165, 1.54) is 11.9 Å². The van der Waals surface area contributed by atoms with Gasteiger partial charge in [-0.2, -0.15) is 13.2 Å². The minimum atomic E-state index is -4.11. The van der Waals surface area contributed by atoms with Gasteiger partial charge in [-0.25, -0.2) is 0 Å². The maximum Gasteiger partial charge on any atom is 0.401 e. The van der Waals surface area contributed by atoms with Crippen LogP contribution in [0.15, 0.2) is 0 Å². The Bertz CT molecular complexity index is 194. The molecular weight excluding hydrogens is 217 g/mol. The molecule has 0 heterocycles. The highest BCUT2D eigenvalue weighted by Gasteiger charge is 2.32. The zero-order valence-electron chi connectivity index (χ0n) is 10.6. The Labute approximate surface area is 96.2 Å². The average molecular weight is 240 g/mol. The van der Waals surface area contributed by atoms with Gasteiger partial charge < -0.3 is 5.32 Å². The monoisotopic (exact) mass is 240 g/mol. The molecule has 2 nitrogen and oxygen atoms in total. The number of nitrogens with one attached hydrogen (secondary N) is 1. The molecule has 98 valence electrons. The van der Waals surface area contributed by atoms with Gasteiger partial charge in [0.1, 0.15) is 0 Å². The van der Waals surface area contributed by atoms with Crippen LogP contribution >= 0.6 is 0 Å². The maximum absolute atomic E-state index is 12.2. The molecule has 0 rings (SSSR count). The molecule has 0 saturated heterocycles. The summed E-state index contributed by atoms with van der Waals surface area (Å²) in [5.74, 6) is 0. The molecule has 1 unspecified atom stereocenters. The molecule has 0 aromatic rings. The molecule has 5 heteroatoms. The molecule has 16 heavy (non-hydrogen) atoms. The zero-order chi connectivity index (χ0) is 12.8. The number of rotatable bonds is 7. The number of halogens is 3. The van der Waals surface area contributed by atoms with Crippen molar-refractivity contribution >= 4 is 0 Å². The summed E-state index contributed by atoms with van der Waals surface area (Å²) in [6.07, 6.45) is -3.25. The average Bonchev–Trinajstić information content (AvgIpc) is 2.11. The zero-order valence-corrected chi connectivity index (χ0v) is 10.6. The number of hydrogen-bond donors (Lipinski definition) is 1. The number of hydrogen-bond acceptors (Lipinski definition) is 2. The van der Waals surface area contributed by atoms with E-state index in [4.69, 9.17) is 0 Å². The molecule has 0 fully saturated rings. The summed E-state index contributed by atoms with van der Waals surface area (Å²) in [4.78, 5) is 1.35. The normalized spacial score (nSPS) is 16.5. The summed E-state index contributed by atoms with van der Waals surface area (Å²) in [5.41, 5.74) is -0.101. The van der Waals surface area contributed by atoms with E-state index in [-0.39, 0.29) is 5.41 Å². The van der Waals surface area contributed by atoms with Crippen molar-refractivity contribution in [1.29, 1.82) is 0 Å². The van der Waals surface area contributed by atoms with E-state index in [1.54, 1.807) is 0 Å². The Morgan fingerprint density at radius 1 is 1.12 bits per heavy atom. The van der Waals surface area contributed by atoms with E-state index in [1.807, 2.05) is 20.8 Å². The van der Waals surface area contributed by atoms with Crippen LogP contribution in [-0.4, -0.2) is 44.3 Å². The van der Waals surface area contributed by atoms with Gasteiger partial charge >= 0.3 is 6.18 Å². The SMILES string of the molecule is CCNCC(C)(CC)CN(C)CC(F)(F)F. The van der Waals surface area contributed by atoms with Crippen molar-refractivity contribution in [3.63, 3.8) is 0 Å². The number of alkyl halides is 3. The first kappa shape index (κ1) is 15.7. The van der Waals surface area contributed by atoms with Crippen LogP contribution in [0.1, 0.15) is 27.2 Å². The summed E-state index contributed by atoms with van der Waals surface area (Å²) in [6.45, 7) is 7.24. The summed E-state index contributed by atoms with van der Waals surface area (Å²) in [7, 11) is 1.52. The standard InChI is InChI=1S/C11H23F3N2/c1-5-10(3,7-15-6-2)8-16(4)9-11(12,13)14/h15H,5-9H2,1-4H3. The fraction of sp³-hybridized carbons (Fsp3) is 1.00. The molecule has 0 radical (unpaired) electrons. The molecule has 0 aliphatic heterocycles. The van der Waals surface area contributed by atoms with Crippen LogP contribution in [0.3, 0.4) is 0 Å². The van der Waals surface area contributed by atoms with Gasteiger partial charge in [-0.1, -0.05) is 20.8 Å². The third-order valence-corrected chi connectivity index (χ3v) is 2.76. The highest BCUT2D eigenvalue weighted by atomic mass is 19.4. The van der Waals surface area contributed by atoms with Crippen molar-refractivity contribution < 1.29 is 13.2 Å². The minimum absolute atomic E-state index is 0.101. The predicted molar refractivity (Wildman–Crippen MR) is 60.5 cm³/mol. The quantitative estimate of drug-likeness (QED) is 0.735. The molecule has 0 spiro atoms. The Morgan fingerprint density at radius 2 is 1.69 bits per heavy atom. The van der Waals surface area contributed by atoms with E-state index in [9.17, 15) is 13.2 Å². The Hall–Kier alpha value is -0.290. The Balaban J connectivity index is 4.19. The first-order valence-corrected chi connectivity index (χ1v) is 5.68. The molecule has 0 aromatic heterocycles. The van der Waals surface area contributed by atoms with Crippen molar-refractivity contribution in [3.05, 3.63) is 0 Å². The van der Waals surface area contributed by atoms with Gasteiger partial charge in [-0.15, -0.1) is 0 Å². The molecule has 0 bridgehead atoms. The first-order valence-electron chi connectivity index (χ1n) is 5.68. The Kier molecular flexibility index (Phi) is 6.33. The molecule has 0 aliphatic rings. The van der Waals surface area contributed by atoms with E-state index in [0.717, 1.165) is 19.5 Å². The van der Waals surface area contributed by atoms with Gasteiger partial charge in [0.05, 0.1) is 6.54 Å². The van der Waals surface area contributed by atoms with E-state index in [2.05, 4.69) is 5.32 Å². The van der Waals surface area contributed by atoms with Gasteiger partial charge in [-0.05, 0) is 25.4 Å². The second kappa shape index (κ2) is 6.45. The lowest BCUT2D eigenvalue weighted by Crippen LogP contribution is -2.43. The fourth-order valence-electron chi connectivity index (χ4n) is 1.73. The molecule has 0 aromatic carbocycles. The van der Waals surface area contributed by atoms with Crippen LogP contribution in [0.2, 0.25) is 0 Å². The van der Waals surface area contributed by atoms with Crippen LogP contribution in [0, 0.1) is 5.41 Å². The van der Waals surface area contributed by atoms with Crippen molar-refractivity contribution in [2.24, 2.45) is 5.41 Å². The predicted octanol–water partition coefficient (Wildman–Crippen LogP) is 2.51. The van der Waals surface area contributed by atoms with E-state index < -0.39 is 12.7 Å². The lowest BCUT2D eigenvalue weighted by Gasteiger charge is -2.33. The largest absolute Gasteiger partial charge is 0.401 e. The van der Waals surface area contributed by atoms with Crippen molar-refractivity contribution in [3.8, 4) is 0 Å². The summed E-state index contributed by atoms with van der Waals surface area (Å²) in [6, 6.07) is 0. The van der Waals surface area contributed by atoms with Crippen LogP contribution in [0.5, 0.6) is 0 Å². The van der Waals surface area contributed by atoms with Crippen LogP contribution in [-0.2, 0) is 0 Å². The van der Waals surface area contributed by atoms with Gasteiger partial charge in [0.2, 0.25) is 0 Å². The molecule has 0 saturated carbocycles. The summed E-state index contributed by atoms with van der Waals surface area (Å²) >= 11 is 0. The van der Waals surface area contributed by atoms with Gasteiger partial charge in [0.15, 0.2) is 0 Å². The van der Waals surface area contributed by atoms with Crippen molar-refractivity contribution in [2.45, 2.75) is 33.4 Å². The third kappa shape index (κ3) is 7.06. The lowest BCUT2D eigenvalue weighted by atomic mass is 9.87. The highest BCUT2D eigenvalue weighted by molar-refractivity contribution is 4.79. The Morgan fingerprint density at radius 3 is 2.06 bits per heavy atom. The van der Waals surface area contributed by atoms with Crippen LogP contribution in [0.25, 0.3) is 0 Å². The van der Waals surface area contributed by atoms with Gasteiger partial charge in [0.25, 0.3) is 0 Å². The fourth-order valence-corrected chi connectivity index (χ4v) is 1.73. The topological polar surface area (TPSA) is 15.3 Å². The van der Waals surface area contributed by atoms with Crippen molar-refractivity contribution in [2.75, 3.05) is 33.2 Å². The first-order chi connectivity index (χ1) is 7.22. The summed E-state index contributed by atoms with van der Waals surface area (Å²) < 4.78 is 36.5. The van der Waals surface area contributed by atoms with Gasteiger partial charge in [-0.3, -0.25) is 4.90 Å². The summed E-state index contributed by atoms with van der Waals surface area (Å²) in [5, 5.41) is 3.20. The molecule has 0 amide bonds. The number of nitrogens with zero attached hydrogens (tertiary/aromatic N) is 1. The maximum atomic E-state index is 12.2. The highest BCUT2D eigenvalue weighted by Crippen LogP contribution is 2.23. The molecule has 0 aliphatic carbocycles. The molecular formula is C11H23F3N2.